The van der Waals surface area contributed by atoms with Crippen molar-refractivity contribution >= 4 is 35.9 Å². The minimum atomic E-state index is -1.24. The summed E-state index contributed by atoms with van der Waals surface area (Å²) in [7, 11) is 0. The molecule has 1 aromatic rings. The van der Waals surface area contributed by atoms with Crippen LogP contribution in [0.2, 0.25) is 0 Å². The lowest BCUT2D eigenvalue weighted by Gasteiger charge is -2.28. The standard InChI is InChI=1S/C40H61N5O9/c1-26(2)23-30(33(46)42-29(36(49)50)21-15-16-22-41-37(51)53-39(3,4)5)43-34(47)31(24-27-17-11-9-12-18-27)44-35(48)32(25-28-19-13-10-14-20-28)45-38(52)54-40(6,7)8/h9-11,13-14,17,19-20,26,29-32H,12,15-16,18,21-25H2,1-8H3,(H,41,51)(H,42,46)(H,43,47)(H,44,48)(H,45,52)(H,49,50)/t29-,30-,31-,32-/m1/s1. The van der Waals surface area contributed by atoms with Gasteiger partial charge >= 0.3 is 18.2 Å². The monoisotopic (exact) mass is 755 g/mol. The smallest absolute Gasteiger partial charge is 0.408 e. The molecule has 2 rings (SSSR count). The number of nitrogens with one attached hydrogen (secondary N) is 5. The molecule has 0 saturated heterocycles. The summed E-state index contributed by atoms with van der Waals surface area (Å²) >= 11 is 0. The van der Waals surface area contributed by atoms with Gasteiger partial charge in [-0.25, -0.2) is 14.4 Å². The van der Waals surface area contributed by atoms with Crippen LogP contribution in [0, 0.1) is 5.92 Å². The third-order valence-electron chi connectivity index (χ3n) is 8.03. The quantitative estimate of drug-likeness (QED) is 0.104. The van der Waals surface area contributed by atoms with Crippen molar-refractivity contribution in [2.75, 3.05) is 6.54 Å². The SMILES string of the molecule is CC(C)C[C@@H](NC(=O)[C@@H](CC1=CC=CCC1)NC(=O)[C@@H](Cc1ccccc1)NC(=O)OC(C)(C)C)C(=O)N[C@H](CCCCNC(=O)OC(C)(C)C)C(=O)O. The van der Waals surface area contributed by atoms with Gasteiger partial charge in [-0.1, -0.05) is 68.0 Å². The Kier molecular flexibility index (Phi) is 18.2. The molecule has 0 aliphatic heterocycles. The van der Waals surface area contributed by atoms with E-state index < -0.39 is 71.2 Å². The number of hydrogen-bond acceptors (Lipinski definition) is 8. The van der Waals surface area contributed by atoms with E-state index in [0.29, 0.717) is 19.3 Å². The molecule has 1 aliphatic carbocycles. The largest absolute Gasteiger partial charge is 0.480 e. The normalized spacial score (nSPS) is 15.1. The molecule has 0 bridgehead atoms. The molecule has 54 heavy (non-hydrogen) atoms. The van der Waals surface area contributed by atoms with Crippen LogP contribution < -0.4 is 26.6 Å². The number of carboxylic acids is 1. The van der Waals surface area contributed by atoms with Crippen molar-refractivity contribution in [1.29, 1.82) is 0 Å². The van der Waals surface area contributed by atoms with Gasteiger partial charge in [0.1, 0.15) is 35.4 Å². The van der Waals surface area contributed by atoms with Crippen molar-refractivity contribution in [3.05, 3.63) is 59.7 Å². The molecule has 0 heterocycles. The van der Waals surface area contributed by atoms with Crippen LogP contribution >= 0.6 is 0 Å². The molecule has 0 saturated carbocycles. The highest BCUT2D eigenvalue weighted by Gasteiger charge is 2.33. The highest BCUT2D eigenvalue weighted by atomic mass is 16.6. The summed E-state index contributed by atoms with van der Waals surface area (Å²) in [6.45, 7) is 14.4. The Morgan fingerprint density at radius 2 is 1.28 bits per heavy atom. The maximum Gasteiger partial charge on any atom is 0.408 e. The minimum absolute atomic E-state index is 0.0595. The van der Waals surface area contributed by atoms with Crippen molar-refractivity contribution in [2.24, 2.45) is 5.92 Å². The average molecular weight is 756 g/mol. The third kappa shape index (κ3) is 18.7. The molecule has 6 N–H and O–H groups in total. The van der Waals surface area contributed by atoms with Gasteiger partial charge in [0.05, 0.1) is 0 Å². The topological polar surface area (TPSA) is 201 Å². The first-order valence-electron chi connectivity index (χ1n) is 18.7. The van der Waals surface area contributed by atoms with Crippen LogP contribution in [0.3, 0.4) is 0 Å². The van der Waals surface area contributed by atoms with Crippen molar-refractivity contribution in [2.45, 2.75) is 142 Å². The van der Waals surface area contributed by atoms with E-state index in [1.54, 1.807) is 41.5 Å². The lowest BCUT2D eigenvalue weighted by molar-refractivity contribution is -0.142. The van der Waals surface area contributed by atoms with E-state index in [4.69, 9.17) is 9.47 Å². The maximum absolute atomic E-state index is 14.0. The van der Waals surface area contributed by atoms with Gasteiger partial charge in [0.25, 0.3) is 0 Å². The number of carbonyl (C=O) groups excluding carboxylic acids is 5. The summed E-state index contributed by atoms with van der Waals surface area (Å²) in [5.41, 5.74) is 0.224. The van der Waals surface area contributed by atoms with E-state index in [2.05, 4.69) is 26.6 Å². The van der Waals surface area contributed by atoms with Gasteiger partial charge in [0.15, 0.2) is 0 Å². The number of ether oxygens (including phenoxy) is 2. The van der Waals surface area contributed by atoms with E-state index in [1.807, 2.05) is 62.4 Å². The van der Waals surface area contributed by atoms with Gasteiger partial charge in [0, 0.05) is 13.0 Å². The number of hydrogen-bond donors (Lipinski definition) is 6. The summed E-state index contributed by atoms with van der Waals surface area (Å²) in [5, 5.41) is 23.3. The molecule has 4 atom stereocenters. The van der Waals surface area contributed by atoms with Gasteiger partial charge in [-0.2, -0.15) is 0 Å². The van der Waals surface area contributed by atoms with Crippen LogP contribution in [-0.2, 0) is 35.1 Å². The zero-order valence-electron chi connectivity index (χ0n) is 33.1. The number of unbranched alkanes of at least 4 members (excludes halogenated alkanes) is 1. The van der Waals surface area contributed by atoms with Crippen molar-refractivity contribution in [3.63, 3.8) is 0 Å². The van der Waals surface area contributed by atoms with Gasteiger partial charge in [-0.05, 0) is 98.0 Å². The van der Waals surface area contributed by atoms with Crippen LogP contribution in [0.5, 0.6) is 0 Å². The first-order valence-corrected chi connectivity index (χ1v) is 18.7. The first kappa shape index (κ1) is 45.3. The molecule has 14 nitrogen and oxygen atoms in total. The molecular weight excluding hydrogens is 694 g/mol. The Morgan fingerprint density at radius 3 is 1.83 bits per heavy atom. The van der Waals surface area contributed by atoms with Gasteiger partial charge in [-0.15, -0.1) is 0 Å². The minimum Gasteiger partial charge on any atom is -0.480 e. The summed E-state index contributed by atoms with van der Waals surface area (Å²) in [5.74, 6) is -3.21. The number of carbonyl (C=O) groups is 6. The fraction of sp³-hybridized carbons (Fsp3) is 0.600. The fourth-order valence-electron chi connectivity index (χ4n) is 5.56. The Hall–Kier alpha value is -4.88. The number of rotatable bonds is 19. The highest BCUT2D eigenvalue weighted by molar-refractivity contribution is 5.95. The van der Waals surface area contributed by atoms with Gasteiger partial charge in [0.2, 0.25) is 17.7 Å². The first-order chi connectivity index (χ1) is 25.2. The molecule has 14 heteroatoms. The predicted molar refractivity (Wildman–Crippen MR) is 205 cm³/mol. The van der Waals surface area contributed by atoms with Crippen LogP contribution in [0.1, 0.15) is 106 Å². The highest BCUT2D eigenvalue weighted by Crippen LogP contribution is 2.19. The fourth-order valence-corrected chi connectivity index (χ4v) is 5.56. The van der Waals surface area contributed by atoms with Gasteiger partial charge < -0.3 is 41.2 Å². The summed E-state index contributed by atoms with van der Waals surface area (Å²) in [6, 6.07) is 4.55. The third-order valence-corrected chi connectivity index (χ3v) is 8.03. The summed E-state index contributed by atoms with van der Waals surface area (Å²) in [6.07, 6.45) is 7.22. The Balaban J connectivity index is 2.22. The molecule has 0 unspecified atom stereocenters. The molecule has 5 amide bonds. The number of aliphatic carboxylic acids is 1. The van der Waals surface area contributed by atoms with Crippen molar-refractivity contribution in [1.82, 2.24) is 26.6 Å². The Bertz CT molecular complexity index is 1480. The van der Waals surface area contributed by atoms with E-state index in [9.17, 15) is 33.9 Å². The molecule has 1 aliphatic rings. The van der Waals surface area contributed by atoms with E-state index >= 15 is 0 Å². The zero-order valence-corrected chi connectivity index (χ0v) is 33.1. The molecule has 1 aromatic carbocycles. The Morgan fingerprint density at radius 1 is 0.722 bits per heavy atom. The summed E-state index contributed by atoms with van der Waals surface area (Å²) in [4.78, 5) is 78.4. The molecule has 0 spiro atoms. The molecule has 0 radical (unpaired) electrons. The number of benzene rings is 1. The van der Waals surface area contributed by atoms with E-state index in [1.165, 1.54) is 0 Å². The van der Waals surface area contributed by atoms with Crippen LogP contribution in [0.4, 0.5) is 9.59 Å². The second-order valence-corrected chi connectivity index (χ2v) is 16.0. The number of allylic oxidation sites excluding steroid dienone is 3. The van der Waals surface area contributed by atoms with Crippen LogP contribution in [0.15, 0.2) is 54.1 Å². The maximum atomic E-state index is 14.0. The number of amides is 5. The van der Waals surface area contributed by atoms with Gasteiger partial charge in [-0.3, -0.25) is 14.4 Å². The number of alkyl carbamates (subject to hydrolysis) is 2. The van der Waals surface area contributed by atoms with Crippen LogP contribution in [-0.4, -0.2) is 82.9 Å². The number of carboxylic acid groups (broad SMARTS) is 1. The second-order valence-electron chi connectivity index (χ2n) is 16.0. The zero-order chi connectivity index (χ0) is 40.5. The van der Waals surface area contributed by atoms with E-state index in [0.717, 1.165) is 17.6 Å². The summed E-state index contributed by atoms with van der Waals surface area (Å²) < 4.78 is 10.6. The molecule has 300 valence electrons. The Labute approximate surface area is 319 Å². The van der Waals surface area contributed by atoms with Crippen molar-refractivity contribution < 1.29 is 43.3 Å². The predicted octanol–water partition coefficient (Wildman–Crippen LogP) is 5.07. The second kappa shape index (κ2) is 21.7. The lowest BCUT2D eigenvalue weighted by Crippen LogP contribution is -2.58. The van der Waals surface area contributed by atoms with Crippen molar-refractivity contribution in [3.8, 4) is 0 Å². The average Bonchev–Trinajstić information content (AvgIpc) is 3.05. The molecular formula is C40H61N5O9. The lowest BCUT2D eigenvalue weighted by atomic mass is 9.96. The molecule has 0 fully saturated rings. The molecule has 0 aromatic heterocycles. The van der Waals surface area contributed by atoms with E-state index in [-0.39, 0.29) is 38.1 Å². The van der Waals surface area contributed by atoms with Crippen LogP contribution in [0.25, 0.3) is 0 Å².